The molecule has 3 aromatic rings. The van der Waals surface area contributed by atoms with E-state index in [0.717, 1.165) is 18.8 Å². The van der Waals surface area contributed by atoms with Gasteiger partial charge in [-0.25, -0.2) is 4.98 Å². The first-order valence-electron chi connectivity index (χ1n) is 7.09. The smallest absolute Gasteiger partial charge is 0.0991 e. The van der Waals surface area contributed by atoms with E-state index in [1.165, 1.54) is 5.56 Å². The molecule has 0 unspecified atom stereocenters. The Balaban J connectivity index is 1.53. The lowest BCUT2D eigenvalue weighted by atomic mass is 10.2. The fourth-order valence-corrected chi connectivity index (χ4v) is 2.24. The second kappa shape index (κ2) is 6.37. The van der Waals surface area contributed by atoms with Crippen LogP contribution in [0.25, 0.3) is 5.69 Å². The first-order chi connectivity index (χ1) is 10.3. The second-order valence-electron chi connectivity index (χ2n) is 5.15. The van der Waals surface area contributed by atoms with Crippen LogP contribution in [0.3, 0.4) is 0 Å². The van der Waals surface area contributed by atoms with Crippen LogP contribution in [-0.4, -0.2) is 25.4 Å². The van der Waals surface area contributed by atoms with Crippen molar-refractivity contribution in [3.63, 3.8) is 0 Å². The first-order valence-corrected chi connectivity index (χ1v) is 7.09. The van der Waals surface area contributed by atoms with Gasteiger partial charge in [-0.2, -0.15) is 5.10 Å². The van der Waals surface area contributed by atoms with Crippen molar-refractivity contribution in [1.29, 1.82) is 0 Å². The zero-order valence-corrected chi connectivity index (χ0v) is 12.1. The van der Waals surface area contributed by atoms with Gasteiger partial charge >= 0.3 is 0 Å². The molecule has 0 aliphatic heterocycles. The van der Waals surface area contributed by atoms with Crippen molar-refractivity contribution < 1.29 is 0 Å². The number of imidazole rings is 1. The van der Waals surface area contributed by atoms with E-state index in [1.54, 1.807) is 12.5 Å². The van der Waals surface area contributed by atoms with Crippen LogP contribution in [0.4, 0.5) is 0 Å². The van der Waals surface area contributed by atoms with E-state index in [9.17, 15) is 0 Å². The maximum absolute atomic E-state index is 4.22. The molecule has 1 N–H and O–H groups in total. The van der Waals surface area contributed by atoms with E-state index in [2.05, 4.69) is 46.6 Å². The lowest BCUT2D eigenvalue weighted by Crippen LogP contribution is -2.30. The highest BCUT2D eigenvalue weighted by Gasteiger charge is 2.03. The quantitative estimate of drug-likeness (QED) is 0.754. The molecule has 1 atom stereocenters. The molecule has 0 bridgehead atoms. The zero-order chi connectivity index (χ0) is 14.5. The van der Waals surface area contributed by atoms with E-state index in [4.69, 9.17) is 0 Å². The number of hydrogen-bond acceptors (Lipinski definition) is 3. The second-order valence-corrected chi connectivity index (χ2v) is 5.15. The molecule has 0 radical (unpaired) electrons. The average molecular weight is 281 g/mol. The van der Waals surface area contributed by atoms with Crippen molar-refractivity contribution in [2.75, 3.05) is 0 Å². The number of rotatable bonds is 6. The van der Waals surface area contributed by atoms with Gasteiger partial charge in [0, 0.05) is 43.1 Å². The van der Waals surface area contributed by atoms with E-state index in [0.29, 0.717) is 6.04 Å². The predicted molar refractivity (Wildman–Crippen MR) is 82.1 cm³/mol. The molecule has 0 aliphatic carbocycles. The molecule has 2 heterocycles. The van der Waals surface area contributed by atoms with Gasteiger partial charge in [0.15, 0.2) is 0 Å². The van der Waals surface area contributed by atoms with Crippen molar-refractivity contribution >= 4 is 0 Å². The largest absolute Gasteiger partial charge is 0.308 e. The molecule has 1 aromatic carbocycles. The van der Waals surface area contributed by atoms with E-state index < -0.39 is 0 Å². The summed E-state index contributed by atoms with van der Waals surface area (Å²) >= 11 is 0. The van der Waals surface area contributed by atoms with Crippen molar-refractivity contribution in [3.8, 4) is 5.69 Å². The van der Waals surface area contributed by atoms with Gasteiger partial charge in [0.05, 0.1) is 12.9 Å². The van der Waals surface area contributed by atoms with Crippen LogP contribution in [0.1, 0.15) is 12.5 Å². The zero-order valence-electron chi connectivity index (χ0n) is 12.1. The number of benzene rings is 1. The molecule has 21 heavy (non-hydrogen) atoms. The monoisotopic (exact) mass is 281 g/mol. The van der Waals surface area contributed by atoms with Crippen LogP contribution in [0.15, 0.2) is 61.4 Å². The van der Waals surface area contributed by atoms with Crippen molar-refractivity contribution in [2.24, 2.45) is 0 Å². The highest BCUT2D eigenvalue weighted by molar-refractivity contribution is 5.34. The van der Waals surface area contributed by atoms with Crippen molar-refractivity contribution in [1.82, 2.24) is 24.6 Å². The molecule has 0 amide bonds. The highest BCUT2D eigenvalue weighted by Crippen LogP contribution is 2.09. The number of nitrogens with one attached hydrogen (secondary N) is 1. The van der Waals surface area contributed by atoms with Crippen LogP contribution >= 0.6 is 0 Å². The fraction of sp³-hybridized carbons (Fsp3) is 0.250. The minimum Gasteiger partial charge on any atom is -0.308 e. The summed E-state index contributed by atoms with van der Waals surface area (Å²) in [6.07, 6.45) is 9.32. The minimum absolute atomic E-state index is 0.373. The van der Waals surface area contributed by atoms with Gasteiger partial charge in [-0.3, -0.25) is 4.68 Å². The molecule has 3 rings (SSSR count). The molecular formula is C16H19N5. The Morgan fingerprint density at radius 3 is 2.67 bits per heavy atom. The molecule has 2 aromatic heterocycles. The van der Waals surface area contributed by atoms with Crippen LogP contribution in [0.5, 0.6) is 0 Å². The van der Waals surface area contributed by atoms with E-state index in [-0.39, 0.29) is 0 Å². The van der Waals surface area contributed by atoms with Crippen LogP contribution in [0, 0.1) is 0 Å². The molecule has 0 fully saturated rings. The van der Waals surface area contributed by atoms with Gasteiger partial charge in [0.1, 0.15) is 0 Å². The maximum Gasteiger partial charge on any atom is 0.0991 e. The molecule has 5 heteroatoms. The summed E-state index contributed by atoms with van der Waals surface area (Å²) in [5.74, 6) is 0. The van der Waals surface area contributed by atoms with Gasteiger partial charge < -0.3 is 9.88 Å². The number of nitrogens with zero attached hydrogens (tertiary/aromatic N) is 4. The standard InChI is InChI=1S/C16H19N5/c1-14(12-21-9-2-7-19-21)18-11-15-3-5-16(6-4-15)20-10-8-17-13-20/h2-10,13-14,18H,11-12H2,1H3/t14-/m1/s1. The van der Waals surface area contributed by atoms with Crippen molar-refractivity contribution in [2.45, 2.75) is 26.1 Å². The van der Waals surface area contributed by atoms with Gasteiger partial charge in [-0.05, 0) is 30.7 Å². The molecule has 5 nitrogen and oxygen atoms in total. The summed E-state index contributed by atoms with van der Waals surface area (Å²) in [4.78, 5) is 4.06. The van der Waals surface area contributed by atoms with E-state index >= 15 is 0 Å². The third kappa shape index (κ3) is 3.58. The molecular weight excluding hydrogens is 262 g/mol. The average Bonchev–Trinajstić information content (AvgIpc) is 3.19. The summed E-state index contributed by atoms with van der Waals surface area (Å²) in [5.41, 5.74) is 2.40. The fourth-order valence-electron chi connectivity index (χ4n) is 2.24. The minimum atomic E-state index is 0.373. The Morgan fingerprint density at radius 1 is 1.14 bits per heavy atom. The molecule has 0 saturated carbocycles. The molecule has 0 spiro atoms. The number of aromatic nitrogens is 4. The SMILES string of the molecule is C[C@H](Cn1cccn1)NCc1ccc(-n2ccnc2)cc1. The Morgan fingerprint density at radius 2 is 2.00 bits per heavy atom. The first kappa shape index (κ1) is 13.6. The Labute approximate surface area is 124 Å². The van der Waals surface area contributed by atoms with E-state index in [1.807, 2.05) is 33.9 Å². The van der Waals surface area contributed by atoms with Crippen LogP contribution in [-0.2, 0) is 13.1 Å². The van der Waals surface area contributed by atoms with Crippen LogP contribution < -0.4 is 5.32 Å². The number of hydrogen-bond donors (Lipinski definition) is 1. The maximum atomic E-state index is 4.22. The molecule has 0 saturated heterocycles. The third-order valence-corrected chi connectivity index (χ3v) is 3.41. The lowest BCUT2D eigenvalue weighted by molar-refractivity contribution is 0.451. The Kier molecular flexibility index (Phi) is 4.12. The lowest BCUT2D eigenvalue weighted by Gasteiger charge is -2.14. The summed E-state index contributed by atoms with van der Waals surface area (Å²) < 4.78 is 3.94. The predicted octanol–water partition coefficient (Wildman–Crippen LogP) is 2.25. The molecule has 108 valence electrons. The summed E-state index contributed by atoms with van der Waals surface area (Å²) in [6, 6.07) is 10.8. The summed E-state index contributed by atoms with van der Waals surface area (Å²) in [5, 5.41) is 7.73. The summed E-state index contributed by atoms with van der Waals surface area (Å²) in [7, 11) is 0. The molecule has 0 aliphatic rings. The van der Waals surface area contributed by atoms with Crippen molar-refractivity contribution in [3.05, 3.63) is 67.0 Å². The van der Waals surface area contributed by atoms with Gasteiger partial charge in [-0.1, -0.05) is 12.1 Å². The Bertz CT molecular complexity index is 641. The van der Waals surface area contributed by atoms with Gasteiger partial charge in [0.2, 0.25) is 0 Å². The van der Waals surface area contributed by atoms with Gasteiger partial charge in [0.25, 0.3) is 0 Å². The van der Waals surface area contributed by atoms with Gasteiger partial charge in [-0.15, -0.1) is 0 Å². The highest BCUT2D eigenvalue weighted by atomic mass is 15.3. The summed E-state index contributed by atoms with van der Waals surface area (Å²) in [6.45, 7) is 3.90. The topological polar surface area (TPSA) is 47.7 Å². The normalized spacial score (nSPS) is 12.4. The third-order valence-electron chi connectivity index (χ3n) is 3.41. The Hall–Kier alpha value is -2.40. The van der Waals surface area contributed by atoms with Crippen LogP contribution in [0.2, 0.25) is 0 Å².